The number of nitrogens with two attached hydrogens (primary N) is 1. The molecule has 204 valence electrons. The minimum atomic E-state index is -0.451. The van der Waals surface area contributed by atoms with Gasteiger partial charge in [0.15, 0.2) is 11.5 Å². The lowest BCUT2D eigenvalue weighted by Gasteiger charge is -2.33. The molecule has 6 nitrogen and oxygen atoms in total. The molecule has 2 heterocycles. The summed E-state index contributed by atoms with van der Waals surface area (Å²) in [6.07, 6.45) is 13.3. The van der Waals surface area contributed by atoms with E-state index >= 15 is 0 Å². The smallest absolute Gasteiger partial charge is 0.164 e. The molecule has 0 spiro atoms. The van der Waals surface area contributed by atoms with Gasteiger partial charge < -0.3 is 25.4 Å². The second-order valence-corrected chi connectivity index (χ2v) is 11.5. The van der Waals surface area contributed by atoms with Crippen molar-refractivity contribution in [2.45, 2.75) is 109 Å². The summed E-state index contributed by atoms with van der Waals surface area (Å²) in [7, 11) is 0. The predicted molar refractivity (Wildman–Crippen MR) is 149 cm³/mol. The molecule has 2 aliphatic carbocycles. The van der Waals surface area contributed by atoms with E-state index in [1.807, 2.05) is 12.1 Å². The first-order valence-corrected chi connectivity index (χ1v) is 14.5. The van der Waals surface area contributed by atoms with Gasteiger partial charge in [0.05, 0.1) is 24.9 Å². The van der Waals surface area contributed by atoms with Crippen molar-refractivity contribution in [3.8, 4) is 23.3 Å². The van der Waals surface area contributed by atoms with Gasteiger partial charge >= 0.3 is 0 Å². The Hall–Kier alpha value is -2.75. The molecule has 4 N–H and O–H groups in total. The SMILES string of the molecule is CC1C#Cc2cc(N)ncc2COC(CC(O)C2CCc3c(ccc(O)c3OC3CCCCC3)C2)CCC1. The molecule has 6 heteroatoms. The maximum atomic E-state index is 11.3. The van der Waals surface area contributed by atoms with E-state index < -0.39 is 6.10 Å². The van der Waals surface area contributed by atoms with Crippen LogP contribution in [0.1, 0.15) is 93.4 Å². The van der Waals surface area contributed by atoms with Crippen LogP contribution in [-0.4, -0.2) is 33.5 Å². The maximum Gasteiger partial charge on any atom is 0.164 e. The Balaban J connectivity index is 1.24. The van der Waals surface area contributed by atoms with Crippen molar-refractivity contribution in [2.75, 3.05) is 5.73 Å². The van der Waals surface area contributed by atoms with Gasteiger partial charge in [-0.15, -0.1) is 0 Å². The van der Waals surface area contributed by atoms with Crippen LogP contribution in [0.25, 0.3) is 0 Å². The number of benzene rings is 1. The van der Waals surface area contributed by atoms with E-state index in [-0.39, 0.29) is 29.8 Å². The standard InChI is InChI=1S/C32H42N2O4/c1-21-6-5-9-27(37-20-25-19-34-31(33)17-22(25)11-10-21)18-30(36)24-12-14-28-23(16-24)13-15-29(35)32(28)38-26-7-3-2-4-8-26/h13,15,17,19,21,24,26-27,30,35-36H,2-9,12,14,16,18,20H2,1H3,(H2,33,34). The molecule has 4 unspecified atom stereocenters. The average Bonchev–Trinajstić information content (AvgIpc) is 2.95. The third-order valence-electron chi connectivity index (χ3n) is 8.57. The first kappa shape index (κ1) is 26.8. The normalized spacial score (nSPS) is 25.2. The van der Waals surface area contributed by atoms with E-state index in [1.165, 1.54) is 24.8 Å². The fourth-order valence-electron chi connectivity index (χ4n) is 6.24. The molecule has 0 radical (unpaired) electrons. The van der Waals surface area contributed by atoms with Crippen molar-refractivity contribution in [1.29, 1.82) is 0 Å². The highest BCUT2D eigenvalue weighted by Gasteiger charge is 2.31. The number of phenols is 1. The number of nitrogens with zero attached hydrogens (tertiary/aromatic N) is 1. The first-order valence-electron chi connectivity index (χ1n) is 14.5. The molecule has 0 saturated heterocycles. The molecular weight excluding hydrogens is 476 g/mol. The predicted octanol–water partition coefficient (Wildman–Crippen LogP) is 5.69. The Labute approximate surface area is 227 Å². The quantitative estimate of drug-likeness (QED) is 0.440. The topological polar surface area (TPSA) is 97.8 Å². The first-order chi connectivity index (χ1) is 18.5. The van der Waals surface area contributed by atoms with E-state index in [9.17, 15) is 10.2 Å². The molecule has 1 aromatic heterocycles. The summed E-state index contributed by atoms with van der Waals surface area (Å²) in [5, 5.41) is 21.9. The summed E-state index contributed by atoms with van der Waals surface area (Å²) in [4.78, 5) is 4.24. The lowest BCUT2D eigenvalue weighted by molar-refractivity contribution is -0.0186. The number of ether oxygens (including phenoxy) is 2. The highest BCUT2D eigenvalue weighted by Crippen LogP contribution is 2.41. The van der Waals surface area contributed by atoms with Crippen LogP contribution < -0.4 is 10.5 Å². The molecule has 1 aromatic carbocycles. The molecule has 0 amide bonds. The zero-order valence-electron chi connectivity index (χ0n) is 22.6. The molecule has 4 atom stereocenters. The van der Waals surface area contributed by atoms with E-state index in [4.69, 9.17) is 15.2 Å². The van der Waals surface area contributed by atoms with Gasteiger partial charge in [-0.1, -0.05) is 31.3 Å². The number of nitrogen functional groups attached to an aromatic ring is 1. The number of hydrogen-bond donors (Lipinski definition) is 3. The molecule has 3 aliphatic rings. The number of fused-ring (bicyclic) bond motifs is 2. The fraction of sp³-hybridized carbons (Fsp3) is 0.594. The highest BCUT2D eigenvalue weighted by atomic mass is 16.5. The van der Waals surface area contributed by atoms with Crippen molar-refractivity contribution in [3.63, 3.8) is 0 Å². The van der Waals surface area contributed by atoms with Gasteiger partial charge in [-0.2, -0.15) is 0 Å². The van der Waals surface area contributed by atoms with Crippen molar-refractivity contribution in [1.82, 2.24) is 4.98 Å². The van der Waals surface area contributed by atoms with Crippen molar-refractivity contribution in [2.24, 2.45) is 11.8 Å². The molecule has 0 bridgehead atoms. The lowest BCUT2D eigenvalue weighted by atomic mass is 9.79. The summed E-state index contributed by atoms with van der Waals surface area (Å²) in [6, 6.07) is 5.60. The van der Waals surface area contributed by atoms with Crippen LogP contribution in [0, 0.1) is 23.7 Å². The van der Waals surface area contributed by atoms with Crippen molar-refractivity contribution >= 4 is 5.82 Å². The van der Waals surface area contributed by atoms with Gasteiger partial charge in [0.1, 0.15) is 5.82 Å². The minimum absolute atomic E-state index is 0.0351. The van der Waals surface area contributed by atoms with Crippen LogP contribution in [0.3, 0.4) is 0 Å². The second-order valence-electron chi connectivity index (χ2n) is 11.5. The number of aromatic hydroxyl groups is 1. The monoisotopic (exact) mass is 518 g/mol. The molecular formula is C32H42N2O4. The Bertz CT molecular complexity index is 1160. The van der Waals surface area contributed by atoms with Crippen molar-refractivity contribution < 1.29 is 19.7 Å². The lowest BCUT2D eigenvalue weighted by Crippen LogP contribution is -2.31. The third-order valence-corrected chi connectivity index (χ3v) is 8.57. The number of aliphatic hydroxyl groups is 1. The van der Waals surface area contributed by atoms with Gasteiger partial charge in [-0.05, 0) is 94.2 Å². The summed E-state index contributed by atoms with van der Waals surface area (Å²) in [5.74, 6) is 8.46. The van der Waals surface area contributed by atoms with Gasteiger partial charge in [0.2, 0.25) is 0 Å². The van der Waals surface area contributed by atoms with E-state index in [1.54, 1.807) is 12.3 Å². The number of aliphatic hydroxyl groups excluding tert-OH is 1. The van der Waals surface area contributed by atoms with Crippen LogP contribution in [0.5, 0.6) is 11.5 Å². The molecule has 1 saturated carbocycles. The van der Waals surface area contributed by atoms with Crippen LogP contribution in [0.15, 0.2) is 24.4 Å². The van der Waals surface area contributed by atoms with E-state index in [0.717, 1.165) is 68.1 Å². The molecule has 1 fully saturated rings. The minimum Gasteiger partial charge on any atom is -0.504 e. The van der Waals surface area contributed by atoms with Gasteiger partial charge in [0, 0.05) is 28.8 Å². The second kappa shape index (κ2) is 12.4. The van der Waals surface area contributed by atoms with Gasteiger partial charge in [-0.25, -0.2) is 4.98 Å². The molecule has 2 aromatic rings. The van der Waals surface area contributed by atoms with E-state index in [0.29, 0.717) is 24.6 Å². The summed E-state index contributed by atoms with van der Waals surface area (Å²) < 4.78 is 12.7. The summed E-state index contributed by atoms with van der Waals surface area (Å²) in [6.45, 7) is 2.57. The summed E-state index contributed by atoms with van der Waals surface area (Å²) in [5.41, 5.74) is 10.0. The van der Waals surface area contributed by atoms with Crippen LogP contribution in [0.2, 0.25) is 0 Å². The molecule has 5 rings (SSSR count). The van der Waals surface area contributed by atoms with Gasteiger partial charge in [0.25, 0.3) is 0 Å². The Morgan fingerprint density at radius 3 is 2.79 bits per heavy atom. The number of anilines is 1. The van der Waals surface area contributed by atoms with Crippen LogP contribution in [0.4, 0.5) is 5.82 Å². The number of pyridine rings is 1. The Kier molecular flexibility index (Phi) is 8.76. The van der Waals surface area contributed by atoms with Crippen molar-refractivity contribution in [3.05, 3.63) is 46.6 Å². The van der Waals surface area contributed by atoms with Crippen LogP contribution >= 0.6 is 0 Å². The largest absolute Gasteiger partial charge is 0.504 e. The third kappa shape index (κ3) is 6.62. The number of phenolic OH excluding ortho intramolecular Hbond substituents is 1. The molecule has 1 aliphatic heterocycles. The zero-order valence-corrected chi connectivity index (χ0v) is 22.6. The Morgan fingerprint density at radius 1 is 1.11 bits per heavy atom. The van der Waals surface area contributed by atoms with Crippen LogP contribution in [-0.2, 0) is 24.2 Å². The van der Waals surface area contributed by atoms with Gasteiger partial charge in [-0.3, -0.25) is 0 Å². The highest BCUT2D eigenvalue weighted by molar-refractivity contribution is 5.51. The summed E-state index contributed by atoms with van der Waals surface area (Å²) >= 11 is 0. The zero-order chi connectivity index (χ0) is 26.5. The number of rotatable bonds is 5. The number of hydrogen-bond acceptors (Lipinski definition) is 6. The number of aromatic nitrogens is 1. The molecule has 38 heavy (non-hydrogen) atoms. The fourth-order valence-corrected chi connectivity index (χ4v) is 6.24. The van der Waals surface area contributed by atoms with E-state index in [2.05, 4.69) is 23.7 Å². The average molecular weight is 519 g/mol. The Morgan fingerprint density at radius 2 is 1.95 bits per heavy atom. The maximum absolute atomic E-state index is 11.3.